The van der Waals surface area contributed by atoms with E-state index in [-0.39, 0.29) is 0 Å². The van der Waals surface area contributed by atoms with Gasteiger partial charge in [0.2, 0.25) is 0 Å². The van der Waals surface area contributed by atoms with Crippen molar-refractivity contribution in [1.29, 1.82) is 0 Å². The third-order valence-corrected chi connectivity index (χ3v) is 3.48. The predicted octanol–water partition coefficient (Wildman–Crippen LogP) is 2.48. The van der Waals surface area contributed by atoms with Gasteiger partial charge in [0.15, 0.2) is 0 Å². The summed E-state index contributed by atoms with van der Waals surface area (Å²) in [5, 5.41) is 7.04. The Bertz CT molecular complexity index is 291. The van der Waals surface area contributed by atoms with Crippen molar-refractivity contribution in [2.75, 3.05) is 13.6 Å². The standard InChI is InChI=1S/C14H22N2/c1-15-14(12-7-3-2-4-8-12)11-13-9-5-6-10-16-13/h2-4,7-8,13-16H,5-6,9-11H2,1H3. The minimum atomic E-state index is 0.483. The molecule has 2 unspecified atom stereocenters. The van der Waals surface area contributed by atoms with Crippen molar-refractivity contribution in [3.05, 3.63) is 35.9 Å². The minimum absolute atomic E-state index is 0.483. The van der Waals surface area contributed by atoms with Gasteiger partial charge in [0.05, 0.1) is 0 Å². The van der Waals surface area contributed by atoms with Crippen LogP contribution in [0.1, 0.15) is 37.3 Å². The van der Waals surface area contributed by atoms with Gasteiger partial charge in [0.25, 0.3) is 0 Å². The van der Waals surface area contributed by atoms with Crippen molar-refractivity contribution in [2.45, 2.75) is 37.8 Å². The first-order chi connectivity index (χ1) is 7.90. The van der Waals surface area contributed by atoms with Crippen molar-refractivity contribution in [2.24, 2.45) is 0 Å². The first kappa shape index (κ1) is 11.6. The topological polar surface area (TPSA) is 24.1 Å². The molecule has 2 N–H and O–H groups in total. The van der Waals surface area contributed by atoms with E-state index in [0.29, 0.717) is 12.1 Å². The van der Waals surface area contributed by atoms with Crippen LogP contribution >= 0.6 is 0 Å². The van der Waals surface area contributed by atoms with Gasteiger partial charge >= 0.3 is 0 Å². The van der Waals surface area contributed by atoms with Gasteiger partial charge in [0.1, 0.15) is 0 Å². The zero-order valence-electron chi connectivity index (χ0n) is 10.1. The Morgan fingerprint density at radius 3 is 2.75 bits per heavy atom. The van der Waals surface area contributed by atoms with Crippen molar-refractivity contribution in [1.82, 2.24) is 10.6 Å². The monoisotopic (exact) mass is 218 g/mol. The van der Waals surface area contributed by atoms with E-state index in [0.717, 1.165) is 0 Å². The molecule has 0 saturated carbocycles. The Labute approximate surface area is 98.4 Å². The molecule has 0 aliphatic carbocycles. The van der Waals surface area contributed by atoms with Crippen LogP contribution in [-0.4, -0.2) is 19.6 Å². The molecule has 0 amide bonds. The minimum Gasteiger partial charge on any atom is -0.314 e. The quantitative estimate of drug-likeness (QED) is 0.811. The molecule has 0 spiro atoms. The fourth-order valence-electron chi connectivity index (χ4n) is 2.52. The predicted molar refractivity (Wildman–Crippen MR) is 68.5 cm³/mol. The number of piperidine rings is 1. The Morgan fingerprint density at radius 1 is 1.31 bits per heavy atom. The van der Waals surface area contributed by atoms with Gasteiger partial charge in [-0.2, -0.15) is 0 Å². The summed E-state index contributed by atoms with van der Waals surface area (Å²) in [6.07, 6.45) is 5.24. The second kappa shape index (κ2) is 6.02. The van der Waals surface area contributed by atoms with Gasteiger partial charge in [-0.25, -0.2) is 0 Å². The molecule has 2 rings (SSSR count). The molecule has 1 aliphatic heterocycles. The van der Waals surface area contributed by atoms with Gasteiger partial charge in [-0.3, -0.25) is 0 Å². The molecule has 2 nitrogen and oxygen atoms in total. The molecule has 1 heterocycles. The van der Waals surface area contributed by atoms with Crippen LogP contribution in [0.4, 0.5) is 0 Å². The van der Waals surface area contributed by atoms with Crippen LogP contribution in [0.3, 0.4) is 0 Å². The lowest BCUT2D eigenvalue weighted by molar-refractivity contribution is 0.347. The maximum atomic E-state index is 3.61. The van der Waals surface area contributed by atoms with Crippen molar-refractivity contribution in [3.63, 3.8) is 0 Å². The average molecular weight is 218 g/mol. The lowest BCUT2D eigenvalue weighted by Gasteiger charge is -2.27. The summed E-state index contributed by atoms with van der Waals surface area (Å²) in [4.78, 5) is 0. The van der Waals surface area contributed by atoms with E-state index in [2.05, 4.69) is 48.0 Å². The molecule has 88 valence electrons. The summed E-state index contributed by atoms with van der Waals surface area (Å²) in [5.41, 5.74) is 1.40. The zero-order chi connectivity index (χ0) is 11.2. The fourth-order valence-corrected chi connectivity index (χ4v) is 2.52. The highest BCUT2D eigenvalue weighted by molar-refractivity contribution is 5.19. The zero-order valence-corrected chi connectivity index (χ0v) is 10.1. The molecule has 16 heavy (non-hydrogen) atoms. The maximum absolute atomic E-state index is 3.61. The number of nitrogens with one attached hydrogen (secondary N) is 2. The lowest BCUT2D eigenvalue weighted by atomic mass is 9.94. The SMILES string of the molecule is CNC(CC1CCCCN1)c1ccccc1. The highest BCUT2D eigenvalue weighted by Crippen LogP contribution is 2.21. The van der Waals surface area contributed by atoms with Crippen molar-refractivity contribution in [3.8, 4) is 0 Å². The summed E-state index contributed by atoms with van der Waals surface area (Å²) in [7, 11) is 2.06. The molecule has 1 aromatic carbocycles. The second-order valence-corrected chi connectivity index (χ2v) is 4.63. The summed E-state index contributed by atoms with van der Waals surface area (Å²) < 4.78 is 0. The third kappa shape index (κ3) is 3.06. The van der Waals surface area contributed by atoms with E-state index in [1.165, 1.54) is 37.8 Å². The van der Waals surface area contributed by atoms with Crippen LogP contribution in [0.15, 0.2) is 30.3 Å². The molecule has 0 radical (unpaired) electrons. The largest absolute Gasteiger partial charge is 0.314 e. The second-order valence-electron chi connectivity index (χ2n) is 4.63. The first-order valence-electron chi connectivity index (χ1n) is 6.36. The van der Waals surface area contributed by atoms with E-state index >= 15 is 0 Å². The highest BCUT2D eigenvalue weighted by Gasteiger charge is 2.18. The van der Waals surface area contributed by atoms with E-state index in [9.17, 15) is 0 Å². The normalized spacial score (nSPS) is 22.9. The van der Waals surface area contributed by atoms with Crippen molar-refractivity contribution < 1.29 is 0 Å². The van der Waals surface area contributed by atoms with Gasteiger partial charge < -0.3 is 10.6 Å². The van der Waals surface area contributed by atoms with Crippen LogP contribution in [-0.2, 0) is 0 Å². The molecule has 1 saturated heterocycles. The maximum Gasteiger partial charge on any atom is 0.0332 e. The van der Waals surface area contributed by atoms with Gasteiger partial charge in [0, 0.05) is 12.1 Å². The van der Waals surface area contributed by atoms with Gasteiger partial charge in [-0.15, -0.1) is 0 Å². The Morgan fingerprint density at radius 2 is 2.12 bits per heavy atom. The van der Waals surface area contributed by atoms with Crippen molar-refractivity contribution >= 4 is 0 Å². The van der Waals surface area contributed by atoms with Crippen LogP contribution in [0.5, 0.6) is 0 Å². The molecule has 0 bridgehead atoms. The van der Waals surface area contributed by atoms with E-state index < -0.39 is 0 Å². The molecule has 1 aliphatic rings. The highest BCUT2D eigenvalue weighted by atomic mass is 14.9. The molecule has 2 heteroatoms. The Hall–Kier alpha value is -0.860. The lowest BCUT2D eigenvalue weighted by Crippen LogP contribution is -2.37. The number of hydrogen-bond donors (Lipinski definition) is 2. The molecule has 0 aromatic heterocycles. The van der Waals surface area contributed by atoms with E-state index in [1.807, 2.05) is 0 Å². The van der Waals surface area contributed by atoms with E-state index in [4.69, 9.17) is 0 Å². The molecular weight excluding hydrogens is 196 g/mol. The summed E-state index contributed by atoms with van der Waals surface area (Å²) in [6.45, 7) is 1.19. The molecular formula is C14H22N2. The number of rotatable bonds is 4. The van der Waals surface area contributed by atoms with Crippen LogP contribution < -0.4 is 10.6 Å². The number of hydrogen-bond acceptors (Lipinski definition) is 2. The first-order valence-corrected chi connectivity index (χ1v) is 6.36. The van der Waals surface area contributed by atoms with Gasteiger partial charge in [-0.05, 0) is 38.4 Å². The molecule has 1 aromatic rings. The van der Waals surface area contributed by atoms with Crippen LogP contribution in [0.25, 0.3) is 0 Å². The van der Waals surface area contributed by atoms with Crippen LogP contribution in [0, 0.1) is 0 Å². The Balaban J connectivity index is 1.94. The molecule has 1 fully saturated rings. The Kier molecular flexibility index (Phi) is 4.37. The summed E-state index contributed by atoms with van der Waals surface area (Å²) in [5.74, 6) is 0. The fraction of sp³-hybridized carbons (Fsp3) is 0.571. The number of benzene rings is 1. The smallest absolute Gasteiger partial charge is 0.0332 e. The summed E-state index contributed by atoms with van der Waals surface area (Å²) in [6, 6.07) is 11.9. The van der Waals surface area contributed by atoms with Crippen LogP contribution in [0.2, 0.25) is 0 Å². The third-order valence-electron chi connectivity index (χ3n) is 3.48. The van der Waals surface area contributed by atoms with Gasteiger partial charge in [-0.1, -0.05) is 36.8 Å². The average Bonchev–Trinajstić information content (AvgIpc) is 2.38. The molecule has 2 atom stereocenters. The van der Waals surface area contributed by atoms with E-state index in [1.54, 1.807) is 0 Å². The summed E-state index contributed by atoms with van der Waals surface area (Å²) >= 11 is 0.